The zero-order valence-corrected chi connectivity index (χ0v) is 10.2. The van der Waals surface area contributed by atoms with Crippen molar-refractivity contribution in [3.63, 3.8) is 0 Å². The molecule has 0 heterocycles. The van der Waals surface area contributed by atoms with E-state index in [1.165, 1.54) is 0 Å². The van der Waals surface area contributed by atoms with Crippen LogP contribution in [0.4, 0.5) is 0 Å². The molecule has 1 aromatic carbocycles. The SMILES string of the molecule is CCOC(=O)C[C@@H](O)Cc1ccc(OC)cc1. The molecule has 4 nitrogen and oxygen atoms in total. The van der Waals surface area contributed by atoms with Crippen LogP contribution < -0.4 is 4.74 Å². The maximum Gasteiger partial charge on any atom is 0.308 e. The predicted molar refractivity (Wildman–Crippen MR) is 64.0 cm³/mol. The lowest BCUT2D eigenvalue weighted by Crippen LogP contribution is -2.18. The van der Waals surface area contributed by atoms with E-state index < -0.39 is 6.10 Å². The highest BCUT2D eigenvalue weighted by molar-refractivity contribution is 5.69. The minimum absolute atomic E-state index is 0.0276. The molecule has 0 spiro atoms. The molecule has 0 amide bonds. The van der Waals surface area contributed by atoms with Gasteiger partial charge in [-0.1, -0.05) is 12.1 Å². The molecule has 1 rings (SSSR count). The van der Waals surface area contributed by atoms with Gasteiger partial charge in [0.15, 0.2) is 0 Å². The van der Waals surface area contributed by atoms with Gasteiger partial charge in [0.2, 0.25) is 0 Å². The quantitative estimate of drug-likeness (QED) is 0.764. The lowest BCUT2D eigenvalue weighted by Gasteiger charge is -2.10. The molecule has 94 valence electrons. The number of hydrogen-bond donors (Lipinski definition) is 1. The van der Waals surface area contributed by atoms with E-state index in [4.69, 9.17) is 9.47 Å². The number of carbonyl (C=O) groups is 1. The van der Waals surface area contributed by atoms with E-state index in [9.17, 15) is 9.90 Å². The summed E-state index contributed by atoms with van der Waals surface area (Å²) in [4.78, 5) is 11.1. The number of aliphatic hydroxyl groups excluding tert-OH is 1. The Bertz CT molecular complexity index is 345. The molecule has 0 aliphatic carbocycles. The van der Waals surface area contributed by atoms with Crippen LogP contribution in [0.25, 0.3) is 0 Å². The van der Waals surface area contributed by atoms with Crippen molar-refractivity contribution in [2.75, 3.05) is 13.7 Å². The number of rotatable bonds is 6. The first-order valence-corrected chi connectivity index (χ1v) is 5.62. The van der Waals surface area contributed by atoms with Crippen LogP contribution in [0.3, 0.4) is 0 Å². The van der Waals surface area contributed by atoms with Crippen LogP contribution in [-0.4, -0.2) is 30.9 Å². The van der Waals surface area contributed by atoms with Gasteiger partial charge >= 0.3 is 5.97 Å². The first-order chi connectivity index (χ1) is 8.15. The first-order valence-electron chi connectivity index (χ1n) is 5.62. The highest BCUT2D eigenvalue weighted by Crippen LogP contribution is 2.13. The van der Waals surface area contributed by atoms with Crippen molar-refractivity contribution in [1.82, 2.24) is 0 Å². The molecular weight excluding hydrogens is 220 g/mol. The van der Waals surface area contributed by atoms with Gasteiger partial charge < -0.3 is 14.6 Å². The second-order valence-electron chi connectivity index (χ2n) is 3.72. The molecule has 0 bridgehead atoms. The molecule has 0 radical (unpaired) electrons. The summed E-state index contributed by atoms with van der Waals surface area (Å²) in [5.41, 5.74) is 0.961. The number of methoxy groups -OCH3 is 1. The van der Waals surface area contributed by atoms with Gasteiger partial charge in [0.25, 0.3) is 0 Å². The van der Waals surface area contributed by atoms with E-state index in [1.807, 2.05) is 24.3 Å². The normalized spacial score (nSPS) is 11.9. The smallest absolute Gasteiger partial charge is 0.308 e. The zero-order valence-electron chi connectivity index (χ0n) is 10.2. The summed E-state index contributed by atoms with van der Waals surface area (Å²) in [6.45, 7) is 2.09. The molecule has 4 heteroatoms. The third-order valence-corrected chi connectivity index (χ3v) is 2.34. The lowest BCUT2D eigenvalue weighted by atomic mass is 10.1. The summed E-state index contributed by atoms with van der Waals surface area (Å²) < 4.78 is 9.80. The Kier molecular flexibility index (Phi) is 5.49. The average molecular weight is 238 g/mol. The van der Waals surface area contributed by atoms with E-state index >= 15 is 0 Å². The van der Waals surface area contributed by atoms with Crippen LogP contribution in [0.15, 0.2) is 24.3 Å². The Morgan fingerprint density at radius 1 is 1.35 bits per heavy atom. The van der Waals surface area contributed by atoms with Gasteiger partial charge in [0.1, 0.15) is 5.75 Å². The monoisotopic (exact) mass is 238 g/mol. The highest BCUT2D eigenvalue weighted by Gasteiger charge is 2.12. The number of aliphatic hydroxyl groups is 1. The van der Waals surface area contributed by atoms with E-state index in [0.29, 0.717) is 13.0 Å². The maximum absolute atomic E-state index is 11.1. The second-order valence-corrected chi connectivity index (χ2v) is 3.72. The van der Waals surface area contributed by atoms with Crippen LogP contribution in [0.5, 0.6) is 5.75 Å². The van der Waals surface area contributed by atoms with E-state index in [0.717, 1.165) is 11.3 Å². The Morgan fingerprint density at radius 2 is 2.00 bits per heavy atom. The van der Waals surface area contributed by atoms with E-state index in [2.05, 4.69) is 0 Å². The predicted octanol–water partition coefficient (Wildman–Crippen LogP) is 1.55. The molecule has 0 aromatic heterocycles. The summed E-state index contributed by atoms with van der Waals surface area (Å²) in [6.07, 6.45) is -0.245. The minimum atomic E-state index is -0.706. The Balaban J connectivity index is 2.44. The van der Waals surface area contributed by atoms with Crippen LogP contribution >= 0.6 is 0 Å². The Hall–Kier alpha value is -1.55. The Labute approximate surface area is 101 Å². The van der Waals surface area contributed by atoms with Crippen molar-refractivity contribution in [3.8, 4) is 5.75 Å². The molecule has 0 fully saturated rings. The van der Waals surface area contributed by atoms with Gasteiger partial charge in [-0.25, -0.2) is 0 Å². The third-order valence-electron chi connectivity index (χ3n) is 2.34. The van der Waals surface area contributed by atoms with Crippen molar-refractivity contribution in [1.29, 1.82) is 0 Å². The molecule has 0 aliphatic rings. The molecule has 1 aromatic rings. The minimum Gasteiger partial charge on any atom is -0.497 e. The van der Waals surface area contributed by atoms with Crippen molar-refractivity contribution in [2.24, 2.45) is 0 Å². The summed E-state index contributed by atoms with van der Waals surface area (Å²) in [5.74, 6) is 0.405. The molecule has 0 unspecified atom stereocenters. The third kappa shape index (κ3) is 4.87. The summed E-state index contributed by atoms with van der Waals surface area (Å²) >= 11 is 0. The van der Waals surface area contributed by atoms with Crippen molar-refractivity contribution in [2.45, 2.75) is 25.9 Å². The van der Waals surface area contributed by atoms with Crippen molar-refractivity contribution in [3.05, 3.63) is 29.8 Å². The number of benzene rings is 1. The van der Waals surface area contributed by atoms with E-state index in [-0.39, 0.29) is 12.4 Å². The number of ether oxygens (including phenoxy) is 2. The zero-order chi connectivity index (χ0) is 12.7. The standard InChI is InChI=1S/C13H18O4/c1-3-17-13(15)9-11(14)8-10-4-6-12(16-2)7-5-10/h4-7,11,14H,3,8-9H2,1-2H3/t11-/m0/s1. The highest BCUT2D eigenvalue weighted by atomic mass is 16.5. The van der Waals surface area contributed by atoms with Gasteiger partial charge in [0.05, 0.1) is 26.2 Å². The molecular formula is C13H18O4. The van der Waals surface area contributed by atoms with Gasteiger partial charge in [-0.2, -0.15) is 0 Å². The van der Waals surface area contributed by atoms with Gasteiger partial charge in [-0.3, -0.25) is 4.79 Å². The van der Waals surface area contributed by atoms with E-state index in [1.54, 1.807) is 14.0 Å². The van der Waals surface area contributed by atoms with Gasteiger partial charge in [0, 0.05) is 0 Å². The fraction of sp³-hybridized carbons (Fsp3) is 0.462. The molecule has 17 heavy (non-hydrogen) atoms. The first kappa shape index (κ1) is 13.5. The Morgan fingerprint density at radius 3 is 2.53 bits per heavy atom. The molecule has 1 N–H and O–H groups in total. The second kappa shape index (κ2) is 6.91. The average Bonchev–Trinajstić information content (AvgIpc) is 2.30. The van der Waals surface area contributed by atoms with Crippen LogP contribution in [-0.2, 0) is 16.0 Å². The fourth-order valence-electron chi connectivity index (χ4n) is 1.52. The molecule has 0 aliphatic heterocycles. The fourth-order valence-corrected chi connectivity index (χ4v) is 1.52. The van der Waals surface area contributed by atoms with Crippen LogP contribution in [0, 0.1) is 0 Å². The summed E-state index contributed by atoms with van der Waals surface area (Å²) in [7, 11) is 1.60. The number of carbonyl (C=O) groups excluding carboxylic acids is 1. The topological polar surface area (TPSA) is 55.8 Å². The van der Waals surface area contributed by atoms with Crippen molar-refractivity contribution < 1.29 is 19.4 Å². The molecule has 0 saturated heterocycles. The molecule has 0 saturated carbocycles. The maximum atomic E-state index is 11.1. The molecule has 1 atom stereocenters. The number of hydrogen-bond acceptors (Lipinski definition) is 4. The largest absolute Gasteiger partial charge is 0.497 e. The van der Waals surface area contributed by atoms with Gasteiger partial charge in [-0.15, -0.1) is 0 Å². The number of esters is 1. The van der Waals surface area contributed by atoms with Crippen LogP contribution in [0.1, 0.15) is 18.9 Å². The van der Waals surface area contributed by atoms with Gasteiger partial charge in [-0.05, 0) is 31.0 Å². The summed E-state index contributed by atoms with van der Waals surface area (Å²) in [5, 5.41) is 9.69. The van der Waals surface area contributed by atoms with Crippen molar-refractivity contribution >= 4 is 5.97 Å². The summed E-state index contributed by atoms with van der Waals surface area (Å²) in [6, 6.07) is 7.39. The van der Waals surface area contributed by atoms with Crippen LogP contribution in [0.2, 0.25) is 0 Å². The lowest BCUT2D eigenvalue weighted by molar-refractivity contribution is -0.145.